The Morgan fingerprint density at radius 1 is 1.50 bits per heavy atom. The van der Waals surface area contributed by atoms with E-state index < -0.39 is 0 Å². The van der Waals surface area contributed by atoms with E-state index in [9.17, 15) is 0 Å². The molecule has 78 valence electrons. The number of anilines is 1. The smallest absolute Gasteiger partial charge is 0.148 e. The molecule has 0 saturated heterocycles. The van der Waals surface area contributed by atoms with E-state index in [0.29, 0.717) is 5.92 Å². The average molecular weight is 194 g/mol. The van der Waals surface area contributed by atoms with Crippen LogP contribution in [-0.4, -0.2) is 22.8 Å². The molecule has 14 heavy (non-hydrogen) atoms. The largest absolute Gasteiger partial charge is 0.367 e. The number of hydrogen-bond acceptors (Lipinski definition) is 4. The van der Waals surface area contributed by atoms with Crippen molar-refractivity contribution in [2.75, 3.05) is 11.9 Å². The van der Waals surface area contributed by atoms with Crippen LogP contribution in [0.25, 0.3) is 0 Å². The summed E-state index contributed by atoms with van der Waals surface area (Å²) in [5.41, 5.74) is 5.91. The first kappa shape index (κ1) is 10.9. The van der Waals surface area contributed by atoms with Crippen LogP contribution in [-0.2, 0) is 0 Å². The van der Waals surface area contributed by atoms with Crippen LogP contribution in [0.5, 0.6) is 0 Å². The Balaban J connectivity index is 2.27. The van der Waals surface area contributed by atoms with Crippen molar-refractivity contribution in [2.24, 2.45) is 11.7 Å². The molecule has 1 atom stereocenters. The zero-order valence-electron chi connectivity index (χ0n) is 8.77. The zero-order valence-corrected chi connectivity index (χ0v) is 8.77. The summed E-state index contributed by atoms with van der Waals surface area (Å²) in [6.45, 7) is 5.08. The van der Waals surface area contributed by atoms with E-state index in [0.717, 1.165) is 18.8 Å². The summed E-state index contributed by atoms with van der Waals surface area (Å²) in [6, 6.07) is 3.91. The van der Waals surface area contributed by atoms with Gasteiger partial charge in [-0.15, -0.1) is 5.10 Å². The van der Waals surface area contributed by atoms with Crippen molar-refractivity contribution in [1.29, 1.82) is 0 Å². The highest BCUT2D eigenvalue weighted by atomic mass is 15.2. The summed E-state index contributed by atoms with van der Waals surface area (Å²) < 4.78 is 0. The van der Waals surface area contributed by atoms with Gasteiger partial charge in [0.2, 0.25) is 0 Å². The normalized spacial score (nSPS) is 12.9. The number of nitrogens with one attached hydrogen (secondary N) is 1. The SMILES string of the molecule is CC(C)CC(N)CNc1cccnn1. The third-order valence-corrected chi connectivity index (χ3v) is 1.89. The first-order valence-corrected chi connectivity index (χ1v) is 4.95. The number of rotatable bonds is 5. The number of hydrogen-bond donors (Lipinski definition) is 2. The molecule has 1 aromatic heterocycles. The molecule has 1 unspecified atom stereocenters. The Morgan fingerprint density at radius 2 is 2.29 bits per heavy atom. The maximum atomic E-state index is 5.91. The van der Waals surface area contributed by atoms with Gasteiger partial charge in [-0.25, -0.2) is 0 Å². The predicted molar refractivity (Wildman–Crippen MR) is 58.0 cm³/mol. The van der Waals surface area contributed by atoms with Crippen LogP contribution >= 0.6 is 0 Å². The topological polar surface area (TPSA) is 63.8 Å². The second kappa shape index (κ2) is 5.54. The zero-order chi connectivity index (χ0) is 10.4. The fourth-order valence-electron chi connectivity index (χ4n) is 1.32. The van der Waals surface area contributed by atoms with Crippen LogP contribution < -0.4 is 11.1 Å². The lowest BCUT2D eigenvalue weighted by Crippen LogP contribution is -2.30. The standard InChI is InChI=1S/C10H18N4/c1-8(2)6-9(11)7-12-10-4-3-5-13-14-10/h3-5,8-9H,6-7,11H2,1-2H3,(H,12,14). The first-order chi connectivity index (χ1) is 6.68. The molecule has 0 fully saturated rings. The van der Waals surface area contributed by atoms with Gasteiger partial charge in [0.1, 0.15) is 5.82 Å². The van der Waals surface area contributed by atoms with Crippen molar-refractivity contribution >= 4 is 5.82 Å². The van der Waals surface area contributed by atoms with E-state index in [1.165, 1.54) is 0 Å². The van der Waals surface area contributed by atoms with E-state index in [1.807, 2.05) is 12.1 Å². The van der Waals surface area contributed by atoms with Gasteiger partial charge in [0.25, 0.3) is 0 Å². The molecule has 0 saturated carbocycles. The fourth-order valence-corrected chi connectivity index (χ4v) is 1.32. The molecule has 0 amide bonds. The predicted octanol–water partition coefficient (Wildman–Crippen LogP) is 1.26. The van der Waals surface area contributed by atoms with Crippen molar-refractivity contribution in [1.82, 2.24) is 10.2 Å². The lowest BCUT2D eigenvalue weighted by Gasteiger charge is -2.14. The lowest BCUT2D eigenvalue weighted by molar-refractivity contribution is 0.508. The maximum Gasteiger partial charge on any atom is 0.148 e. The molecule has 0 bridgehead atoms. The van der Waals surface area contributed by atoms with Gasteiger partial charge in [0.15, 0.2) is 0 Å². The molecule has 0 aliphatic rings. The van der Waals surface area contributed by atoms with Gasteiger partial charge in [-0.3, -0.25) is 0 Å². The molecule has 0 radical (unpaired) electrons. The van der Waals surface area contributed by atoms with E-state index in [2.05, 4.69) is 29.4 Å². The third-order valence-electron chi connectivity index (χ3n) is 1.89. The molecule has 4 heteroatoms. The monoisotopic (exact) mass is 194 g/mol. The summed E-state index contributed by atoms with van der Waals surface area (Å²) in [4.78, 5) is 0. The molecule has 3 N–H and O–H groups in total. The van der Waals surface area contributed by atoms with Gasteiger partial charge in [-0.05, 0) is 24.5 Å². The molecule has 0 aliphatic heterocycles. The van der Waals surface area contributed by atoms with Gasteiger partial charge >= 0.3 is 0 Å². The Morgan fingerprint density at radius 3 is 2.86 bits per heavy atom. The molecule has 0 spiro atoms. The molecule has 4 nitrogen and oxygen atoms in total. The molecule has 1 heterocycles. The highest BCUT2D eigenvalue weighted by molar-refractivity contribution is 5.31. The Labute approximate surface area is 84.9 Å². The average Bonchev–Trinajstić information content (AvgIpc) is 2.15. The minimum atomic E-state index is 0.178. The van der Waals surface area contributed by atoms with Crippen LogP contribution in [0.4, 0.5) is 5.82 Å². The Bertz CT molecular complexity index is 248. The summed E-state index contributed by atoms with van der Waals surface area (Å²) in [5, 5.41) is 10.8. The van der Waals surface area contributed by atoms with Crippen molar-refractivity contribution in [3.63, 3.8) is 0 Å². The summed E-state index contributed by atoms with van der Waals surface area (Å²) in [7, 11) is 0. The van der Waals surface area contributed by atoms with Gasteiger partial charge in [0, 0.05) is 18.8 Å². The van der Waals surface area contributed by atoms with E-state index in [1.54, 1.807) is 6.20 Å². The number of aromatic nitrogens is 2. The summed E-state index contributed by atoms with van der Waals surface area (Å²) in [5.74, 6) is 1.42. The van der Waals surface area contributed by atoms with Crippen molar-refractivity contribution < 1.29 is 0 Å². The minimum absolute atomic E-state index is 0.178. The first-order valence-electron chi connectivity index (χ1n) is 4.95. The van der Waals surface area contributed by atoms with E-state index in [4.69, 9.17) is 5.73 Å². The maximum absolute atomic E-state index is 5.91. The quantitative estimate of drug-likeness (QED) is 0.740. The molecular weight excluding hydrogens is 176 g/mol. The second-order valence-corrected chi connectivity index (χ2v) is 3.88. The van der Waals surface area contributed by atoms with Gasteiger partial charge in [0.05, 0.1) is 0 Å². The molecular formula is C10H18N4. The van der Waals surface area contributed by atoms with Gasteiger partial charge in [-0.2, -0.15) is 5.10 Å². The van der Waals surface area contributed by atoms with Crippen molar-refractivity contribution in [3.8, 4) is 0 Å². The van der Waals surface area contributed by atoms with Gasteiger partial charge in [-0.1, -0.05) is 13.8 Å². The Hall–Kier alpha value is -1.16. The van der Waals surface area contributed by atoms with E-state index >= 15 is 0 Å². The lowest BCUT2D eigenvalue weighted by atomic mass is 10.0. The van der Waals surface area contributed by atoms with Crippen LogP contribution in [0.1, 0.15) is 20.3 Å². The van der Waals surface area contributed by atoms with Crippen LogP contribution in [0.3, 0.4) is 0 Å². The molecule has 0 aromatic carbocycles. The van der Waals surface area contributed by atoms with Gasteiger partial charge < -0.3 is 11.1 Å². The Kier molecular flexibility index (Phi) is 4.32. The molecule has 0 aliphatic carbocycles. The van der Waals surface area contributed by atoms with Crippen LogP contribution in [0.15, 0.2) is 18.3 Å². The fraction of sp³-hybridized carbons (Fsp3) is 0.600. The van der Waals surface area contributed by atoms with Crippen molar-refractivity contribution in [3.05, 3.63) is 18.3 Å². The number of nitrogens with two attached hydrogens (primary N) is 1. The number of nitrogens with zero attached hydrogens (tertiary/aromatic N) is 2. The van der Waals surface area contributed by atoms with E-state index in [-0.39, 0.29) is 6.04 Å². The highest BCUT2D eigenvalue weighted by Crippen LogP contribution is 2.04. The minimum Gasteiger partial charge on any atom is -0.367 e. The highest BCUT2D eigenvalue weighted by Gasteiger charge is 2.04. The van der Waals surface area contributed by atoms with Crippen LogP contribution in [0, 0.1) is 5.92 Å². The molecule has 1 aromatic rings. The summed E-state index contributed by atoms with van der Waals surface area (Å²) in [6.07, 6.45) is 2.67. The van der Waals surface area contributed by atoms with Crippen LogP contribution in [0.2, 0.25) is 0 Å². The van der Waals surface area contributed by atoms with Crippen molar-refractivity contribution in [2.45, 2.75) is 26.3 Å². The summed E-state index contributed by atoms with van der Waals surface area (Å²) >= 11 is 0. The second-order valence-electron chi connectivity index (χ2n) is 3.88. The third kappa shape index (κ3) is 4.18. The molecule has 1 rings (SSSR count).